The summed E-state index contributed by atoms with van der Waals surface area (Å²) in [5.74, 6) is 3.02. The fourth-order valence-electron chi connectivity index (χ4n) is 4.47. The van der Waals surface area contributed by atoms with Crippen molar-refractivity contribution < 1.29 is 0 Å². The maximum absolute atomic E-state index is 12.9. The molecule has 1 aromatic carbocycles. The van der Waals surface area contributed by atoms with Crippen molar-refractivity contribution in [1.29, 1.82) is 0 Å². The second-order valence-corrected chi connectivity index (χ2v) is 9.13. The van der Waals surface area contributed by atoms with E-state index in [9.17, 15) is 4.79 Å². The number of rotatable bonds is 6. The minimum atomic E-state index is -0.0269. The zero-order valence-electron chi connectivity index (χ0n) is 17.4. The van der Waals surface area contributed by atoms with Gasteiger partial charge in [0.25, 0.3) is 5.56 Å². The average Bonchev–Trinajstić information content (AvgIpc) is 3.19. The van der Waals surface area contributed by atoms with Crippen molar-refractivity contribution in [2.45, 2.75) is 56.1 Å². The molecule has 0 unspecified atom stereocenters. The van der Waals surface area contributed by atoms with Crippen LogP contribution in [-0.2, 0) is 12.3 Å². The van der Waals surface area contributed by atoms with Crippen molar-refractivity contribution in [2.75, 3.05) is 18.0 Å². The van der Waals surface area contributed by atoms with Gasteiger partial charge < -0.3 is 4.90 Å². The third kappa shape index (κ3) is 3.03. The number of hydrogen-bond donors (Lipinski definition) is 0. The van der Waals surface area contributed by atoms with Gasteiger partial charge in [-0.15, -0.1) is 20.4 Å². The quantitative estimate of drug-likeness (QED) is 0.430. The van der Waals surface area contributed by atoms with Crippen LogP contribution < -0.4 is 10.5 Å². The van der Waals surface area contributed by atoms with E-state index in [-0.39, 0.29) is 5.56 Å². The van der Waals surface area contributed by atoms with Crippen LogP contribution in [0.15, 0.2) is 34.2 Å². The highest BCUT2D eigenvalue weighted by Gasteiger charge is 2.32. The van der Waals surface area contributed by atoms with Gasteiger partial charge in [0, 0.05) is 25.7 Å². The van der Waals surface area contributed by atoms with E-state index in [4.69, 9.17) is 0 Å². The van der Waals surface area contributed by atoms with Crippen molar-refractivity contribution in [2.24, 2.45) is 0 Å². The Kier molecular flexibility index (Phi) is 4.48. The van der Waals surface area contributed by atoms with Gasteiger partial charge in [-0.3, -0.25) is 18.3 Å². The number of aryl methyl sites for hydroxylation is 1. The molecular formula is C21H24N8OS. The summed E-state index contributed by atoms with van der Waals surface area (Å²) in [5.41, 5.74) is 0.815. The Morgan fingerprint density at radius 1 is 1.06 bits per heavy atom. The van der Waals surface area contributed by atoms with Crippen LogP contribution in [0.25, 0.3) is 16.7 Å². The van der Waals surface area contributed by atoms with E-state index in [1.165, 1.54) is 25.7 Å². The third-order valence-corrected chi connectivity index (χ3v) is 7.11. The Morgan fingerprint density at radius 3 is 2.65 bits per heavy atom. The number of fused-ring (bicyclic) bond motifs is 3. The molecule has 1 aliphatic heterocycles. The summed E-state index contributed by atoms with van der Waals surface area (Å²) < 4.78 is 6.01. The fraction of sp³-hybridized carbons (Fsp3) is 0.476. The molecule has 3 aromatic heterocycles. The molecule has 31 heavy (non-hydrogen) atoms. The molecule has 10 heteroatoms. The topological polar surface area (TPSA) is 86.1 Å². The normalized spacial score (nSPS) is 16.7. The molecule has 0 N–H and O–H groups in total. The van der Waals surface area contributed by atoms with E-state index in [1.54, 1.807) is 16.3 Å². The van der Waals surface area contributed by atoms with Crippen molar-refractivity contribution in [3.63, 3.8) is 0 Å². The summed E-state index contributed by atoms with van der Waals surface area (Å²) in [4.78, 5) is 15.2. The molecule has 0 radical (unpaired) electrons. The Bertz CT molecular complexity index is 1330. The third-order valence-electron chi connectivity index (χ3n) is 6.17. The molecule has 160 valence electrons. The van der Waals surface area contributed by atoms with Gasteiger partial charge in [-0.2, -0.15) is 0 Å². The van der Waals surface area contributed by atoms with Crippen LogP contribution in [0, 0.1) is 0 Å². The van der Waals surface area contributed by atoms with Gasteiger partial charge in [-0.25, -0.2) is 0 Å². The largest absolute Gasteiger partial charge is 0.341 e. The summed E-state index contributed by atoms with van der Waals surface area (Å²) >= 11 is 1.65. The monoisotopic (exact) mass is 436 g/mol. The van der Waals surface area contributed by atoms with Gasteiger partial charge in [0.15, 0.2) is 5.16 Å². The van der Waals surface area contributed by atoms with Crippen molar-refractivity contribution >= 4 is 34.4 Å². The summed E-state index contributed by atoms with van der Waals surface area (Å²) in [6, 6.07) is 8.17. The first-order valence-electron chi connectivity index (χ1n) is 10.9. The predicted octanol–water partition coefficient (Wildman–Crippen LogP) is 2.88. The number of para-hydroxylation sites is 1. The zero-order chi connectivity index (χ0) is 20.9. The van der Waals surface area contributed by atoms with E-state index in [1.807, 2.05) is 35.6 Å². The minimum Gasteiger partial charge on any atom is -0.341 e. The predicted molar refractivity (Wildman–Crippen MR) is 120 cm³/mol. The number of anilines is 1. The molecule has 2 fully saturated rings. The first-order valence-corrected chi connectivity index (χ1v) is 11.9. The van der Waals surface area contributed by atoms with Crippen LogP contribution in [-0.4, -0.2) is 47.0 Å². The maximum atomic E-state index is 12.9. The van der Waals surface area contributed by atoms with Crippen molar-refractivity contribution in [3.8, 4) is 0 Å². The first kappa shape index (κ1) is 18.9. The van der Waals surface area contributed by atoms with Crippen LogP contribution in [0.5, 0.6) is 0 Å². The Morgan fingerprint density at radius 2 is 1.87 bits per heavy atom. The lowest BCUT2D eigenvalue weighted by Gasteiger charge is -2.17. The minimum absolute atomic E-state index is 0.0269. The standard InChI is InChI=1S/C21H24N8OS/c1-2-27-18(30)15-7-3-4-8-16(15)29-17(22-24-20(27)29)13-31-21-25-23-19(26-11-5-6-12-26)28(21)14-9-10-14/h3-4,7-8,14H,2,5-6,9-13H2,1H3. The zero-order valence-corrected chi connectivity index (χ0v) is 18.3. The molecule has 4 heterocycles. The molecule has 0 amide bonds. The van der Waals surface area contributed by atoms with E-state index in [0.29, 0.717) is 29.5 Å². The molecule has 1 aliphatic carbocycles. The highest BCUT2D eigenvalue weighted by molar-refractivity contribution is 7.98. The van der Waals surface area contributed by atoms with Gasteiger partial charge in [0.2, 0.25) is 11.7 Å². The average molecular weight is 437 g/mol. The molecule has 1 saturated heterocycles. The Hall–Kier alpha value is -2.88. The van der Waals surface area contributed by atoms with Crippen LogP contribution >= 0.6 is 11.8 Å². The summed E-state index contributed by atoms with van der Waals surface area (Å²) in [7, 11) is 0. The SMILES string of the molecule is CCn1c(=O)c2ccccc2n2c(CSc3nnc(N4CCCC4)n3C3CC3)nnc12. The number of benzene rings is 1. The lowest BCUT2D eigenvalue weighted by molar-refractivity contribution is 0.651. The van der Waals surface area contributed by atoms with E-state index >= 15 is 0 Å². The Balaban J connectivity index is 1.39. The highest BCUT2D eigenvalue weighted by Crippen LogP contribution is 2.41. The second kappa shape index (κ2) is 7.37. The van der Waals surface area contributed by atoms with Crippen LogP contribution in [0.4, 0.5) is 5.95 Å². The number of hydrogen-bond acceptors (Lipinski definition) is 7. The first-order chi connectivity index (χ1) is 15.3. The fourth-order valence-corrected chi connectivity index (χ4v) is 5.39. The molecule has 6 rings (SSSR count). The van der Waals surface area contributed by atoms with Crippen LogP contribution in [0.3, 0.4) is 0 Å². The van der Waals surface area contributed by atoms with Gasteiger partial charge in [-0.1, -0.05) is 23.9 Å². The van der Waals surface area contributed by atoms with Crippen molar-refractivity contribution in [1.82, 2.24) is 33.9 Å². The van der Waals surface area contributed by atoms with E-state index in [2.05, 4.69) is 29.9 Å². The molecule has 0 atom stereocenters. The Labute approximate surface area is 183 Å². The number of thioether (sulfide) groups is 1. The van der Waals surface area contributed by atoms with Crippen LogP contribution in [0.1, 0.15) is 44.5 Å². The molecule has 1 saturated carbocycles. The van der Waals surface area contributed by atoms with E-state index < -0.39 is 0 Å². The smallest absolute Gasteiger partial charge is 0.262 e. The summed E-state index contributed by atoms with van der Waals surface area (Å²) in [6.07, 6.45) is 4.82. The highest BCUT2D eigenvalue weighted by atomic mass is 32.2. The molecule has 0 spiro atoms. The lowest BCUT2D eigenvalue weighted by Crippen LogP contribution is -2.22. The molecule has 0 bridgehead atoms. The van der Waals surface area contributed by atoms with Gasteiger partial charge in [-0.05, 0) is 44.7 Å². The van der Waals surface area contributed by atoms with Gasteiger partial charge in [0.1, 0.15) is 5.82 Å². The molecule has 9 nitrogen and oxygen atoms in total. The molecule has 2 aliphatic rings. The molecular weight excluding hydrogens is 412 g/mol. The summed E-state index contributed by atoms with van der Waals surface area (Å²) in [6.45, 7) is 4.63. The molecule has 4 aromatic rings. The number of nitrogens with zero attached hydrogens (tertiary/aromatic N) is 8. The van der Waals surface area contributed by atoms with Crippen molar-refractivity contribution in [3.05, 3.63) is 40.4 Å². The van der Waals surface area contributed by atoms with Crippen LogP contribution in [0.2, 0.25) is 0 Å². The van der Waals surface area contributed by atoms with E-state index in [0.717, 1.165) is 35.5 Å². The number of aromatic nitrogens is 7. The van der Waals surface area contributed by atoms with Gasteiger partial charge in [0.05, 0.1) is 16.7 Å². The summed E-state index contributed by atoms with van der Waals surface area (Å²) in [5, 5.41) is 19.5. The second-order valence-electron chi connectivity index (χ2n) is 8.18. The maximum Gasteiger partial charge on any atom is 0.262 e. The lowest BCUT2D eigenvalue weighted by atomic mass is 10.2. The van der Waals surface area contributed by atoms with Gasteiger partial charge >= 0.3 is 0 Å².